The number of ether oxygens (including phenoxy) is 4. The second kappa shape index (κ2) is 73.0. The van der Waals surface area contributed by atoms with Gasteiger partial charge in [0.05, 0.1) is 26.4 Å². The summed E-state index contributed by atoms with van der Waals surface area (Å²) in [4.78, 5) is 72.8. The Bertz CT molecular complexity index is 1890. The Morgan fingerprint density at radius 3 is 0.717 bits per heavy atom. The largest absolute Gasteiger partial charge is 0.472 e. The quantitative estimate of drug-likeness (QED) is 0.0222. The van der Waals surface area contributed by atoms with Gasteiger partial charge in [0.1, 0.15) is 19.3 Å². The number of hydrogen-bond donors (Lipinski definition) is 3. The van der Waals surface area contributed by atoms with E-state index in [-0.39, 0.29) is 25.7 Å². The number of aliphatic hydroxyl groups is 1. The highest BCUT2D eigenvalue weighted by Crippen LogP contribution is 2.45. The SMILES string of the molecule is CCCCCCCCCCCCCCCCCCCCCCCC(=O)O[C@H](COC(=O)CCCCCCCCCCCCCCCCCCCCCC)COP(=O)(O)OC[C@@H](O)COP(=O)(O)OC[C@@H](COC(=O)CCCCCCCCCC)OC(=O)CCCCCCCCC(C)CC. The van der Waals surface area contributed by atoms with Gasteiger partial charge in [-0.05, 0) is 31.6 Å². The van der Waals surface area contributed by atoms with Crippen LogP contribution in [0.3, 0.4) is 0 Å². The molecule has 0 spiro atoms. The van der Waals surface area contributed by atoms with Crippen LogP contribution in [0.1, 0.15) is 426 Å². The maximum absolute atomic E-state index is 13.1. The normalized spacial score (nSPS) is 14.1. The van der Waals surface area contributed by atoms with Crippen LogP contribution < -0.4 is 0 Å². The number of phosphoric acid groups is 2. The number of carbonyl (C=O) groups is 4. The maximum Gasteiger partial charge on any atom is 0.472 e. The van der Waals surface area contributed by atoms with Gasteiger partial charge < -0.3 is 33.8 Å². The summed E-state index contributed by atoms with van der Waals surface area (Å²) in [6, 6.07) is 0. The van der Waals surface area contributed by atoms with E-state index in [0.717, 1.165) is 102 Å². The molecule has 0 aliphatic heterocycles. The molecular formula is C80H156O17P2. The molecule has 0 aromatic heterocycles. The first-order valence-corrected chi connectivity index (χ1v) is 44.7. The lowest BCUT2D eigenvalue weighted by atomic mass is 10.00. The molecule has 0 bridgehead atoms. The summed E-state index contributed by atoms with van der Waals surface area (Å²) in [5.41, 5.74) is 0. The van der Waals surface area contributed by atoms with Gasteiger partial charge in [-0.3, -0.25) is 37.3 Å². The van der Waals surface area contributed by atoms with Crippen LogP contribution in [-0.4, -0.2) is 96.7 Å². The van der Waals surface area contributed by atoms with Gasteiger partial charge in [-0.1, -0.05) is 375 Å². The Labute approximate surface area is 607 Å². The monoisotopic (exact) mass is 1450 g/mol. The zero-order valence-electron chi connectivity index (χ0n) is 64.6. The number of rotatable bonds is 80. The van der Waals surface area contributed by atoms with Crippen molar-refractivity contribution in [2.75, 3.05) is 39.6 Å². The van der Waals surface area contributed by atoms with Crippen LogP contribution in [0.2, 0.25) is 0 Å². The van der Waals surface area contributed by atoms with E-state index in [1.807, 2.05) is 0 Å². The smallest absolute Gasteiger partial charge is 0.462 e. The van der Waals surface area contributed by atoms with Crippen LogP contribution in [0.5, 0.6) is 0 Å². The zero-order valence-corrected chi connectivity index (χ0v) is 66.4. The molecule has 0 rings (SSSR count). The molecule has 0 heterocycles. The third-order valence-electron chi connectivity index (χ3n) is 19.1. The molecule has 0 aliphatic carbocycles. The second-order valence-corrected chi connectivity index (χ2v) is 32.0. The standard InChI is InChI=1S/C80H156O17P2/c1-6-10-13-16-19-22-24-26-28-30-32-34-36-38-40-42-44-46-49-55-60-65-79(84)96-75(69-91-78(83)64-59-54-48-45-43-41-39-37-35-33-31-29-27-25-23-20-17-14-11-7-2)71-94-98(86,87)92-67-74(81)68-93-99(88,89)95-72-76(70-90-77(82)63-58-53-47-21-18-15-12-8-3)97-80(85)66-61-56-51-50-52-57-62-73(5)9-4/h73-76,81H,6-72H2,1-5H3,(H,86,87)(H,88,89)/t73?,74-,75-,76-/m1/s1. The fourth-order valence-corrected chi connectivity index (χ4v) is 14.0. The first-order valence-electron chi connectivity index (χ1n) is 41.7. The van der Waals surface area contributed by atoms with Gasteiger partial charge in [-0.2, -0.15) is 0 Å². The Balaban J connectivity index is 5.15. The molecule has 0 radical (unpaired) electrons. The Morgan fingerprint density at radius 2 is 0.485 bits per heavy atom. The van der Waals surface area contributed by atoms with Crippen LogP contribution in [0.4, 0.5) is 0 Å². The van der Waals surface area contributed by atoms with Crippen molar-refractivity contribution in [1.29, 1.82) is 0 Å². The third-order valence-corrected chi connectivity index (χ3v) is 21.0. The summed E-state index contributed by atoms with van der Waals surface area (Å²) in [7, 11) is -9.91. The van der Waals surface area contributed by atoms with Crippen molar-refractivity contribution < 1.29 is 80.2 Å². The molecular weight excluding hydrogens is 1290 g/mol. The highest BCUT2D eigenvalue weighted by molar-refractivity contribution is 7.47. The van der Waals surface area contributed by atoms with Gasteiger partial charge in [0.25, 0.3) is 0 Å². The van der Waals surface area contributed by atoms with Gasteiger partial charge >= 0.3 is 39.5 Å². The highest BCUT2D eigenvalue weighted by atomic mass is 31.2. The molecule has 6 atom stereocenters. The average molecular weight is 1450 g/mol. The van der Waals surface area contributed by atoms with Crippen LogP contribution >= 0.6 is 15.6 Å². The lowest BCUT2D eigenvalue weighted by molar-refractivity contribution is -0.161. The lowest BCUT2D eigenvalue weighted by Gasteiger charge is -2.21. The molecule has 0 aliphatic rings. The number of aliphatic hydroxyl groups excluding tert-OH is 1. The summed E-state index contributed by atoms with van der Waals surface area (Å²) >= 11 is 0. The first-order chi connectivity index (χ1) is 48.1. The predicted octanol–water partition coefficient (Wildman–Crippen LogP) is 24.0. The molecule has 0 saturated carbocycles. The van der Waals surface area contributed by atoms with Gasteiger partial charge in [-0.25, -0.2) is 9.13 Å². The number of phosphoric ester groups is 2. The Hall–Kier alpha value is -1.94. The zero-order chi connectivity index (χ0) is 72.7. The van der Waals surface area contributed by atoms with Crippen molar-refractivity contribution in [3.05, 3.63) is 0 Å². The maximum atomic E-state index is 13.1. The van der Waals surface area contributed by atoms with E-state index < -0.39 is 97.5 Å². The minimum atomic E-state index is -4.96. The number of esters is 4. The third kappa shape index (κ3) is 72.8. The van der Waals surface area contributed by atoms with Gasteiger partial charge in [-0.15, -0.1) is 0 Å². The van der Waals surface area contributed by atoms with E-state index in [0.29, 0.717) is 25.7 Å². The Morgan fingerprint density at radius 1 is 0.283 bits per heavy atom. The van der Waals surface area contributed by atoms with E-state index in [4.69, 9.17) is 37.0 Å². The van der Waals surface area contributed by atoms with Crippen LogP contribution in [0.25, 0.3) is 0 Å². The van der Waals surface area contributed by atoms with Gasteiger partial charge in [0.15, 0.2) is 12.2 Å². The molecule has 0 amide bonds. The summed E-state index contributed by atoms with van der Waals surface area (Å²) < 4.78 is 68.5. The van der Waals surface area contributed by atoms with Gasteiger partial charge in [0, 0.05) is 25.7 Å². The number of carbonyl (C=O) groups excluding carboxylic acids is 4. The minimum Gasteiger partial charge on any atom is -0.462 e. The summed E-state index contributed by atoms with van der Waals surface area (Å²) in [5, 5.41) is 10.6. The van der Waals surface area contributed by atoms with Crippen LogP contribution in [0.15, 0.2) is 0 Å². The molecule has 0 saturated heterocycles. The second-order valence-electron chi connectivity index (χ2n) is 29.1. The first kappa shape index (κ1) is 97.1. The molecule has 99 heavy (non-hydrogen) atoms. The van der Waals surface area contributed by atoms with Crippen molar-refractivity contribution in [2.45, 2.75) is 445 Å². The van der Waals surface area contributed by atoms with Crippen molar-refractivity contribution in [3.8, 4) is 0 Å². The lowest BCUT2D eigenvalue weighted by Crippen LogP contribution is -2.30. The van der Waals surface area contributed by atoms with E-state index >= 15 is 0 Å². The fourth-order valence-electron chi connectivity index (χ4n) is 12.4. The summed E-state index contributed by atoms with van der Waals surface area (Å²) in [5.74, 6) is -1.40. The van der Waals surface area contributed by atoms with Crippen molar-refractivity contribution >= 4 is 39.5 Å². The predicted molar refractivity (Wildman–Crippen MR) is 405 cm³/mol. The summed E-state index contributed by atoms with van der Waals surface area (Å²) in [6.07, 6.45) is 64.3. The molecule has 0 aromatic carbocycles. The van der Waals surface area contributed by atoms with Crippen molar-refractivity contribution in [2.24, 2.45) is 5.92 Å². The molecule has 0 fully saturated rings. The van der Waals surface area contributed by atoms with Crippen LogP contribution in [-0.2, 0) is 65.4 Å². The molecule has 588 valence electrons. The average Bonchev–Trinajstić information content (AvgIpc) is 1.21. The van der Waals surface area contributed by atoms with Gasteiger partial charge in [0.2, 0.25) is 0 Å². The van der Waals surface area contributed by atoms with Crippen molar-refractivity contribution in [3.63, 3.8) is 0 Å². The molecule has 17 nitrogen and oxygen atoms in total. The highest BCUT2D eigenvalue weighted by Gasteiger charge is 2.30. The molecule has 3 N–H and O–H groups in total. The van der Waals surface area contributed by atoms with E-state index in [1.54, 1.807) is 0 Å². The molecule has 3 unspecified atom stereocenters. The van der Waals surface area contributed by atoms with E-state index in [1.165, 1.54) is 244 Å². The molecule has 0 aromatic rings. The Kier molecular flexibility index (Phi) is 71.6. The number of hydrogen-bond acceptors (Lipinski definition) is 15. The van der Waals surface area contributed by atoms with Crippen LogP contribution in [0, 0.1) is 5.92 Å². The summed E-state index contributed by atoms with van der Waals surface area (Å²) in [6.45, 7) is 7.23. The van der Waals surface area contributed by atoms with Crippen molar-refractivity contribution in [1.82, 2.24) is 0 Å². The topological polar surface area (TPSA) is 237 Å². The molecule has 19 heteroatoms. The fraction of sp³-hybridized carbons (Fsp3) is 0.950. The minimum absolute atomic E-state index is 0.103. The van der Waals surface area contributed by atoms with E-state index in [9.17, 15) is 43.2 Å². The number of unbranched alkanes of at least 4 members (excludes halogenated alkanes) is 51. The van der Waals surface area contributed by atoms with E-state index in [2.05, 4.69) is 34.6 Å².